The van der Waals surface area contributed by atoms with Crippen molar-refractivity contribution in [1.82, 2.24) is 0 Å². The van der Waals surface area contributed by atoms with Crippen LogP contribution in [0.3, 0.4) is 0 Å². The number of rotatable bonds is 1. The SMILES string of the molecule is CC(C)(C)OC(=O)C1=CC2=Cc3ccccc3C2=C1. The van der Waals surface area contributed by atoms with Gasteiger partial charge in [-0.3, -0.25) is 0 Å². The highest BCUT2D eigenvalue weighted by atomic mass is 16.6. The van der Waals surface area contributed by atoms with Crippen molar-refractivity contribution >= 4 is 17.6 Å². The van der Waals surface area contributed by atoms with Gasteiger partial charge in [-0.1, -0.05) is 24.3 Å². The Bertz CT molecular complexity index is 652. The van der Waals surface area contributed by atoms with E-state index in [4.69, 9.17) is 4.74 Å². The molecule has 0 aromatic heterocycles. The molecule has 1 aromatic carbocycles. The lowest BCUT2D eigenvalue weighted by Crippen LogP contribution is -2.24. The molecule has 2 aliphatic carbocycles. The Kier molecular flexibility index (Phi) is 2.49. The molecule has 19 heavy (non-hydrogen) atoms. The van der Waals surface area contributed by atoms with Crippen LogP contribution in [0.4, 0.5) is 0 Å². The van der Waals surface area contributed by atoms with Crippen LogP contribution < -0.4 is 0 Å². The van der Waals surface area contributed by atoms with Gasteiger partial charge in [0.2, 0.25) is 0 Å². The lowest BCUT2D eigenvalue weighted by atomic mass is 10.1. The van der Waals surface area contributed by atoms with Crippen molar-refractivity contribution in [2.75, 3.05) is 0 Å². The van der Waals surface area contributed by atoms with Crippen molar-refractivity contribution in [1.29, 1.82) is 0 Å². The lowest BCUT2D eigenvalue weighted by molar-refractivity contribution is -0.149. The van der Waals surface area contributed by atoms with Gasteiger partial charge in [-0.15, -0.1) is 0 Å². The summed E-state index contributed by atoms with van der Waals surface area (Å²) >= 11 is 0. The number of allylic oxidation sites excluding steroid dienone is 3. The minimum absolute atomic E-state index is 0.257. The van der Waals surface area contributed by atoms with Gasteiger partial charge in [-0.05, 0) is 61.3 Å². The zero-order valence-electron chi connectivity index (χ0n) is 11.4. The Labute approximate surface area is 113 Å². The zero-order valence-corrected chi connectivity index (χ0v) is 11.4. The molecule has 0 heterocycles. The van der Waals surface area contributed by atoms with Crippen molar-refractivity contribution in [3.8, 4) is 0 Å². The van der Waals surface area contributed by atoms with E-state index in [1.165, 1.54) is 11.1 Å². The van der Waals surface area contributed by atoms with Crippen LogP contribution in [0.25, 0.3) is 11.6 Å². The summed E-state index contributed by atoms with van der Waals surface area (Å²) in [5.41, 5.74) is 4.79. The maximum Gasteiger partial charge on any atom is 0.338 e. The summed E-state index contributed by atoms with van der Waals surface area (Å²) in [6, 6.07) is 8.21. The smallest absolute Gasteiger partial charge is 0.338 e. The topological polar surface area (TPSA) is 26.3 Å². The van der Waals surface area contributed by atoms with E-state index in [-0.39, 0.29) is 5.97 Å². The van der Waals surface area contributed by atoms with E-state index < -0.39 is 5.60 Å². The summed E-state index contributed by atoms with van der Waals surface area (Å²) in [6.07, 6.45) is 5.94. The Balaban J connectivity index is 1.90. The average molecular weight is 252 g/mol. The normalized spacial score (nSPS) is 16.3. The maximum absolute atomic E-state index is 12.0. The van der Waals surface area contributed by atoms with Crippen LogP contribution in [0.2, 0.25) is 0 Å². The van der Waals surface area contributed by atoms with Crippen molar-refractivity contribution in [3.05, 3.63) is 58.7 Å². The van der Waals surface area contributed by atoms with Gasteiger partial charge >= 0.3 is 5.97 Å². The van der Waals surface area contributed by atoms with Crippen molar-refractivity contribution in [3.63, 3.8) is 0 Å². The summed E-state index contributed by atoms with van der Waals surface area (Å²) in [4.78, 5) is 12.0. The summed E-state index contributed by atoms with van der Waals surface area (Å²) in [5, 5.41) is 0. The predicted octanol–water partition coefficient (Wildman–Crippen LogP) is 3.75. The van der Waals surface area contributed by atoms with Crippen molar-refractivity contribution in [2.24, 2.45) is 0 Å². The highest BCUT2D eigenvalue weighted by Crippen LogP contribution is 2.41. The molecule has 2 aliphatic rings. The molecule has 2 heteroatoms. The quantitative estimate of drug-likeness (QED) is 0.711. The standard InChI is InChI=1S/C17H16O2/c1-17(2,3)19-16(18)13-9-12-8-11-6-4-5-7-14(11)15(12)10-13/h4-10H,1-3H3. The minimum Gasteiger partial charge on any atom is -0.456 e. The number of benzene rings is 1. The first-order valence-corrected chi connectivity index (χ1v) is 6.42. The third-order valence-electron chi connectivity index (χ3n) is 3.12. The van der Waals surface area contributed by atoms with Gasteiger partial charge < -0.3 is 4.74 Å². The minimum atomic E-state index is -0.458. The Morgan fingerprint density at radius 2 is 1.79 bits per heavy atom. The molecular weight excluding hydrogens is 236 g/mol. The molecule has 0 spiro atoms. The zero-order chi connectivity index (χ0) is 13.6. The second-order valence-electron chi connectivity index (χ2n) is 5.85. The number of esters is 1. The molecule has 0 radical (unpaired) electrons. The summed E-state index contributed by atoms with van der Waals surface area (Å²) < 4.78 is 5.40. The van der Waals surface area contributed by atoms with Crippen LogP contribution in [0.1, 0.15) is 31.9 Å². The molecule has 0 amide bonds. The van der Waals surface area contributed by atoms with Crippen LogP contribution in [0, 0.1) is 0 Å². The molecule has 0 aliphatic heterocycles. The fourth-order valence-electron chi connectivity index (χ4n) is 2.37. The van der Waals surface area contributed by atoms with Gasteiger partial charge in [0, 0.05) is 0 Å². The third-order valence-corrected chi connectivity index (χ3v) is 3.12. The van der Waals surface area contributed by atoms with Gasteiger partial charge in [0.1, 0.15) is 5.60 Å². The molecule has 0 bridgehead atoms. The molecule has 0 saturated carbocycles. The number of fused-ring (bicyclic) bond motifs is 3. The second-order valence-corrected chi connectivity index (χ2v) is 5.85. The number of hydrogen-bond acceptors (Lipinski definition) is 2. The van der Waals surface area contributed by atoms with Gasteiger partial charge in [0.05, 0.1) is 5.57 Å². The first-order chi connectivity index (χ1) is 8.94. The van der Waals surface area contributed by atoms with E-state index in [9.17, 15) is 4.79 Å². The van der Waals surface area contributed by atoms with Gasteiger partial charge in [-0.2, -0.15) is 0 Å². The number of carbonyl (C=O) groups excluding carboxylic acids is 1. The van der Waals surface area contributed by atoms with Gasteiger partial charge in [-0.25, -0.2) is 4.79 Å². The Hall–Kier alpha value is -2.09. The van der Waals surface area contributed by atoms with Crippen molar-refractivity contribution < 1.29 is 9.53 Å². The summed E-state index contributed by atoms with van der Waals surface area (Å²) in [6.45, 7) is 5.63. The monoisotopic (exact) mass is 252 g/mol. The Morgan fingerprint density at radius 3 is 2.53 bits per heavy atom. The lowest BCUT2D eigenvalue weighted by Gasteiger charge is -2.19. The molecule has 1 aromatic rings. The molecule has 2 nitrogen and oxygen atoms in total. The van der Waals surface area contributed by atoms with Crippen LogP contribution >= 0.6 is 0 Å². The summed E-state index contributed by atoms with van der Waals surface area (Å²) in [7, 11) is 0. The van der Waals surface area contributed by atoms with Crippen LogP contribution in [-0.2, 0) is 9.53 Å². The second kappa shape index (κ2) is 3.95. The molecule has 0 N–H and O–H groups in total. The molecule has 0 unspecified atom stereocenters. The number of carbonyl (C=O) groups is 1. The number of ether oxygens (including phenoxy) is 1. The van der Waals surface area contributed by atoms with E-state index in [0.717, 1.165) is 11.1 Å². The Morgan fingerprint density at radius 1 is 1.05 bits per heavy atom. The molecular formula is C17H16O2. The molecule has 3 rings (SSSR count). The van der Waals surface area contributed by atoms with Gasteiger partial charge in [0.15, 0.2) is 0 Å². The molecule has 96 valence electrons. The van der Waals surface area contributed by atoms with Crippen LogP contribution in [0.15, 0.2) is 47.6 Å². The van der Waals surface area contributed by atoms with E-state index in [2.05, 4.69) is 18.2 Å². The van der Waals surface area contributed by atoms with Crippen molar-refractivity contribution in [2.45, 2.75) is 26.4 Å². The fourth-order valence-corrected chi connectivity index (χ4v) is 2.37. The maximum atomic E-state index is 12.0. The van der Waals surface area contributed by atoms with E-state index >= 15 is 0 Å². The molecule has 0 atom stereocenters. The van der Waals surface area contributed by atoms with Crippen LogP contribution in [-0.4, -0.2) is 11.6 Å². The average Bonchev–Trinajstić information content (AvgIpc) is 2.83. The fraction of sp³-hybridized carbons (Fsp3) is 0.235. The van der Waals surface area contributed by atoms with E-state index in [1.54, 1.807) is 0 Å². The van der Waals surface area contributed by atoms with Crippen LogP contribution in [0.5, 0.6) is 0 Å². The number of hydrogen-bond donors (Lipinski definition) is 0. The van der Waals surface area contributed by atoms with E-state index in [1.807, 2.05) is 45.1 Å². The largest absolute Gasteiger partial charge is 0.456 e. The third kappa shape index (κ3) is 2.14. The van der Waals surface area contributed by atoms with E-state index in [0.29, 0.717) is 5.57 Å². The highest BCUT2D eigenvalue weighted by molar-refractivity contribution is 6.07. The first-order valence-electron chi connectivity index (χ1n) is 6.42. The molecule has 0 fully saturated rings. The summed E-state index contributed by atoms with van der Waals surface area (Å²) in [5.74, 6) is -0.257. The van der Waals surface area contributed by atoms with Gasteiger partial charge in [0.25, 0.3) is 0 Å². The first kappa shape index (κ1) is 12.0. The highest BCUT2D eigenvalue weighted by Gasteiger charge is 2.26. The molecule has 0 saturated heterocycles. The predicted molar refractivity (Wildman–Crippen MR) is 76.3 cm³/mol.